The molecule has 136 valence electrons. The van der Waals surface area contributed by atoms with Crippen molar-refractivity contribution in [3.8, 4) is 0 Å². The van der Waals surface area contributed by atoms with Crippen LogP contribution in [0.3, 0.4) is 0 Å². The second-order valence-corrected chi connectivity index (χ2v) is 7.45. The lowest BCUT2D eigenvalue weighted by Gasteiger charge is -2.36. The van der Waals surface area contributed by atoms with Gasteiger partial charge in [-0.3, -0.25) is 4.79 Å². The van der Waals surface area contributed by atoms with Gasteiger partial charge in [0.2, 0.25) is 0 Å². The molecule has 3 fully saturated rings. The molecule has 3 heterocycles. The summed E-state index contributed by atoms with van der Waals surface area (Å²) in [6.07, 6.45) is -2.99. The van der Waals surface area contributed by atoms with Gasteiger partial charge >= 0.3 is 0 Å². The molecule has 5 atom stereocenters. The number of fused-ring (bicyclic) bond motifs is 3. The van der Waals surface area contributed by atoms with Crippen molar-refractivity contribution in [1.29, 1.82) is 0 Å². The molecule has 25 heavy (non-hydrogen) atoms. The summed E-state index contributed by atoms with van der Waals surface area (Å²) in [6, 6.07) is 9.22. The van der Waals surface area contributed by atoms with E-state index in [0.29, 0.717) is 5.69 Å². The van der Waals surface area contributed by atoms with Gasteiger partial charge < -0.3 is 29.0 Å². The molecule has 1 aromatic rings. The zero-order valence-electron chi connectivity index (χ0n) is 14.7. The first kappa shape index (κ1) is 16.9. The molecule has 4 rings (SSSR count). The summed E-state index contributed by atoms with van der Waals surface area (Å²) in [4.78, 5) is 12.8. The average molecular weight is 349 g/mol. The van der Waals surface area contributed by atoms with Crippen molar-refractivity contribution in [3.05, 3.63) is 30.3 Å². The van der Waals surface area contributed by atoms with E-state index in [-0.39, 0.29) is 5.91 Å². The first-order chi connectivity index (χ1) is 11.7. The Bertz CT molecular complexity index is 661. The van der Waals surface area contributed by atoms with Gasteiger partial charge in [-0.15, -0.1) is 0 Å². The second-order valence-electron chi connectivity index (χ2n) is 7.45. The van der Waals surface area contributed by atoms with Gasteiger partial charge in [-0.05, 0) is 39.8 Å². The van der Waals surface area contributed by atoms with Gasteiger partial charge in [0.1, 0.15) is 18.3 Å². The Labute approximate surface area is 146 Å². The van der Waals surface area contributed by atoms with E-state index in [1.165, 1.54) is 0 Å². The smallest absolute Gasteiger partial charge is 0.256 e. The zero-order valence-corrected chi connectivity index (χ0v) is 14.7. The number of para-hydroxylation sites is 1. The van der Waals surface area contributed by atoms with Crippen LogP contribution < -0.4 is 5.32 Å². The first-order valence-corrected chi connectivity index (χ1v) is 8.47. The number of carbonyl (C=O) groups is 1. The molecular weight excluding hydrogens is 326 g/mol. The molecule has 0 saturated carbocycles. The van der Waals surface area contributed by atoms with Crippen LogP contribution in [0.4, 0.5) is 5.69 Å². The SMILES string of the molecule is CC1(C)O[C@@H]2[C@@H](O1)[C@H](C(=O)Nc1ccccc1)O[C@H]1OC(C)(C)O[C@@H]12. The van der Waals surface area contributed by atoms with E-state index in [1.807, 2.05) is 58.0 Å². The van der Waals surface area contributed by atoms with Gasteiger partial charge in [0.15, 0.2) is 24.0 Å². The number of benzene rings is 1. The summed E-state index contributed by atoms with van der Waals surface area (Å²) < 4.78 is 29.6. The summed E-state index contributed by atoms with van der Waals surface area (Å²) in [7, 11) is 0. The third-order valence-electron chi connectivity index (χ3n) is 4.45. The zero-order chi connectivity index (χ0) is 17.8. The Hall–Kier alpha value is -1.51. The van der Waals surface area contributed by atoms with Crippen LogP contribution in [-0.2, 0) is 28.5 Å². The van der Waals surface area contributed by atoms with E-state index < -0.39 is 42.3 Å². The van der Waals surface area contributed by atoms with Gasteiger partial charge in [-0.2, -0.15) is 0 Å². The van der Waals surface area contributed by atoms with Crippen LogP contribution in [0.5, 0.6) is 0 Å². The lowest BCUT2D eigenvalue weighted by molar-refractivity contribution is -0.229. The molecule has 3 aliphatic heterocycles. The lowest BCUT2D eigenvalue weighted by Crippen LogP contribution is -2.58. The minimum Gasteiger partial charge on any atom is -0.342 e. The monoisotopic (exact) mass is 349 g/mol. The Morgan fingerprint density at radius 2 is 1.48 bits per heavy atom. The van der Waals surface area contributed by atoms with Crippen molar-refractivity contribution in [3.63, 3.8) is 0 Å². The fraction of sp³-hybridized carbons (Fsp3) is 0.611. The summed E-state index contributed by atoms with van der Waals surface area (Å²) in [5.41, 5.74) is 0.692. The van der Waals surface area contributed by atoms with Gasteiger partial charge in [0.05, 0.1) is 0 Å². The molecule has 1 N–H and O–H groups in total. The van der Waals surface area contributed by atoms with Crippen molar-refractivity contribution in [2.45, 2.75) is 70.0 Å². The lowest BCUT2D eigenvalue weighted by atomic mass is 9.98. The number of carbonyl (C=O) groups excluding carboxylic acids is 1. The molecule has 7 nitrogen and oxygen atoms in total. The van der Waals surface area contributed by atoms with E-state index in [9.17, 15) is 4.79 Å². The molecule has 7 heteroatoms. The number of nitrogens with one attached hydrogen (secondary N) is 1. The van der Waals surface area contributed by atoms with Gasteiger partial charge in [0.25, 0.3) is 5.91 Å². The number of hydrogen-bond acceptors (Lipinski definition) is 6. The Kier molecular flexibility index (Phi) is 3.90. The molecule has 0 radical (unpaired) electrons. The highest BCUT2D eigenvalue weighted by Crippen LogP contribution is 2.44. The third kappa shape index (κ3) is 3.18. The van der Waals surface area contributed by atoms with Gasteiger partial charge in [0, 0.05) is 5.69 Å². The molecule has 1 amide bonds. The van der Waals surface area contributed by atoms with Crippen molar-refractivity contribution in [2.24, 2.45) is 0 Å². The maximum absolute atomic E-state index is 12.8. The Morgan fingerprint density at radius 1 is 0.880 bits per heavy atom. The van der Waals surface area contributed by atoms with Crippen LogP contribution in [0.15, 0.2) is 30.3 Å². The average Bonchev–Trinajstić information content (AvgIpc) is 3.01. The second kappa shape index (κ2) is 5.75. The topological polar surface area (TPSA) is 75.3 Å². The highest BCUT2D eigenvalue weighted by molar-refractivity contribution is 5.94. The number of anilines is 1. The highest BCUT2D eigenvalue weighted by Gasteiger charge is 2.62. The van der Waals surface area contributed by atoms with Gasteiger partial charge in [-0.1, -0.05) is 18.2 Å². The maximum Gasteiger partial charge on any atom is 0.256 e. The fourth-order valence-electron chi connectivity index (χ4n) is 3.56. The minimum atomic E-state index is -0.856. The summed E-state index contributed by atoms with van der Waals surface area (Å²) >= 11 is 0. The van der Waals surface area contributed by atoms with E-state index in [4.69, 9.17) is 23.7 Å². The van der Waals surface area contributed by atoms with Crippen molar-refractivity contribution in [1.82, 2.24) is 0 Å². The molecule has 0 unspecified atom stereocenters. The van der Waals surface area contributed by atoms with Crippen LogP contribution in [0, 0.1) is 0 Å². The third-order valence-corrected chi connectivity index (χ3v) is 4.45. The van der Waals surface area contributed by atoms with E-state index in [2.05, 4.69) is 5.32 Å². The van der Waals surface area contributed by atoms with Crippen molar-refractivity contribution >= 4 is 11.6 Å². The number of amides is 1. The molecule has 0 aromatic heterocycles. The van der Waals surface area contributed by atoms with Crippen molar-refractivity contribution in [2.75, 3.05) is 5.32 Å². The van der Waals surface area contributed by atoms with Crippen molar-refractivity contribution < 1.29 is 28.5 Å². The quantitative estimate of drug-likeness (QED) is 0.880. The van der Waals surface area contributed by atoms with Crippen LogP contribution in [0.2, 0.25) is 0 Å². The summed E-state index contributed by atoms with van der Waals surface area (Å²) in [5.74, 6) is -1.93. The van der Waals surface area contributed by atoms with E-state index >= 15 is 0 Å². The molecule has 3 saturated heterocycles. The standard InChI is InChI=1S/C18H23NO6/c1-17(2)22-11-12(23-17)14-16(25-18(3,4)24-14)21-13(11)15(20)19-10-8-6-5-7-9-10/h5-9,11-14,16H,1-4H3,(H,19,20)/t11-,12-,13-,14-,16+/m1/s1. The Balaban J connectivity index is 1.58. The van der Waals surface area contributed by atoms with Gasteiger partial charge in [-0.25, -0.2) is 0 Å². The molecule has 1 aromatic carbocycles. The first-order valence-electron chi connectivity index (χ1n) is 8.47. The maximum atomic E-state index is 12.8. The fourth-order valence-corrected chi connectivity index (χ4v) is 3.56. The summed E-state index contributed by atoms with van der Waals surface area (Å²) in [6.45, 7) is 7.24. The van der Waals surface area contributed by atoms with Crippen LogP contribution in [0.1, 0.15) is 27.7 Å². The highest BCUT2D eigenvalue weighted by atomic mass is 16.9. The number of ether oxygens (including phenoxy) is 5. The molecule has 3 aliphatic rings. The largest absolute Gasteiger partial charge is 0.342 e. The van der Waals surface area contributed by atoms with E-state index in [0.717, 1.165) is 0 Å². The van der Waals surface area contributed by atoms with Crippen LogP contribution in [0.25, 0.3) is 0 Å². The summed E-state index contributed by atoms with van der Waals surface area (Å²) in [5, 5.41) is 2.86. The van der Waals surface area contributed by atoms with Crippen LogP contribution in [-0.4, -0.2) is 48.2 Å². The molecule has 0 bridgehead atoms. The minimum absolute atomic E-state index is 0.297. The molecule has 0 aliphatic carbocycles. The predicted molar refractivity (Wildman–Crippen MR) is 87.6 cm³/mol. The number of hydrogen-bond donors (Lipinski definition) is 1. The number of rotatable bonds is 2. The molecule has 0 spiro atoms. The predicted octanol–water partition coefficient (Wildman–Crippen LogP) is 2.02. The normalized spacial score (nSPS) is 38.0. The van der Waals surface area contributed by atoms with E-state index in [1.54, 1.807) is 0 Å². The van der Waals surface area contributed by atoms with Crippen LogP contribution >= 0.6 is 0 Å². The molecular formula is C18H23NO6. The Morgan fingerprint density at radius 3 is 2.20 bits per heavy atom.